The molecule has 20 heavy (non-hydrogen) atoms. The van der Waals surface area contributed by atoms with Gasteiger partial charge in [-0.05, 0) is 19.1 Å². The molecule has 1 aliphatic heterocycles. The Morgan fingerprint density at radius 2 is 2.35 bits per heavy atom. The molecule has 0 radical (unpaired) electrons. The number of thioether (sulfide) groups is 1. The fourth-order valence-corrected chi connectivity index (χ4v) is 2.40. The van der Waals surface area contributed by atoms with Gasteiger partial charge in [-0.3, -0.25) is 14.6 Å². The van der Waals surface area contributed by atoms with Crippen molar-refractivity contribution in [3.8, 4) is 0 Å². The van der Waals surface area contributed by atoms with E-state index in [2.05, 4.69) is 20.5 Å². The Kier molecular flexibility index (Phi) is 4.46. The maximum atomic E-state index is 11.5. The minimum atomic E-state index is -1.02. The Balaban J connectivity index is 2.06. The number of aromatic nitrogens is 1. The molecule has 104 valence electrons. The summed E-state index contributed by atoms with van der Waals surface area (Å²) in [6, 6.07) is 5.43. The monoisotopic (exact) mass is 292 g/mol. The molecule has 0 aliphatic carbocycles. The molecular formula is C12H12N4O3S. The van der Waals surface area contributed by atoms with E-state index >= 15 is 0 Å². The molecule has 1 aromatic heterocycles. The summed E-state index contributed by atoms with van der Waals surface area (Å²) in [7, 11) is 0. The molecule has 0 spiro atoms. The summed E-state index contributed by atoms with van der Waals surface area (Å²) in [6.07, 6.45) is 1.41. The Morgan fingerprint density at radius 1 is 1.55 bits per heavy atom. The van der Waals surface area contributed by atoms with Crippen LogP contribution in [0.5, 0.6) is 0 Å². The van der Waals surface area contributed by atoms with Gasteiger partial charge in [0, 0.05) is 6.20 Å². The molecule has 1 amide bonds. The zero-order valence-corrected chi connectivity index (χ0v) is 11.4. The number of nitrogens with one attached hydrogen (secondary N) is 1. The van der Waals surface area contributed by atoms with Crippen LogP contribution in [0.1, 0.15) is 19.0 Å². The number of hydrogen-bond acceptors (Lipinski definition) is 6. The predicted molar refractivity (Wildman–Crippen MR) is 75.7 cm³/mol. The third-order valence-electron chi connectivity index (χ3n) is 2.46. The van der Waals surface area contributed by atoms with Crippen LogP contribution < -0.4 is 5.32 Å². The van der Waals surface area contributed by atoms with Crippen LogP contribution in [0.25, 0.3) is 0 Å². The van der Waals surface area contributed by atoms with E-state index in [1.54, 1.807) is 25.3 Å². The zero-order valence-electron chi connectivity index (χ0n) is 10.6. The molecule has 0 aromatic carbocycles. The van der Waals surface area contributed by atoms with Gasteiger partial charge in [0.1, 0.15) is 5.25 Å². The van der Waals surface area contributed by atoms with E-state index in [0.717, 1.165) is 11.8 Å². The Hall–Kier alpha value is -2.22. The van der Waals surface area contributed by atoms with Gasteiger partial charge in [0.15, 0.2) is 5.17 Å². The molecule has 0 saturated carbocycles. The number of amides is 1. The van der Waals surface area contributed by atoms with Gasteiger partial charge in [-0.1, -0.05) is 17.8 Å². The van der Waals surface area contributed by atoms with Crippen molar-refractivity contribution < 1.29 is 14.7 Å². The van der Waals surface area contributed by atoms with Crippen LogP contribution in [0.4, 0.5) is 0 Å². The molecular weight excluding hydrogens is 280 g/mol. The normalized spacial score (nSPS) is 21.1. The van der Waals surface area contributed by atoms with Crippen molar-refractivity contribution in [1.82, 2.24) is 10.3 Å². The quantitative estimate of drug-likeness (QED) is 0.633. The summed E-state index contributed by atoms with van der Waals surface area (Å²) >= 11 is 1.07. The van der Waals surface area contributed by atoms with Gasteiger partial charge >= 0.3 is 5.97 Å². The Bertz CT molecular complexity index is 586. The lowest BCUT2D eigenvalue weighted by molar-refractivity contribution is -0.138. The molecule has 1 aromatic rings. The SMILES string of the molecule is CC(=N/N=C1\NC(=O)[C@@H](CC(=O)O)S1)c1ccccn1. The standard InChI is InChI=1S/C12H12N4O3S/c1-7(8-4-2-3-5-13-8)15-16-12-14-11(19)9(20-12)6-10(17)18/h2-5,9H,6H2,1H3,(H,17,18)(H,14,16,19)/t9-/m1/s1. The highest BCUT2D eigenvalue weighted by Gasteiger charge is 2.32. The first-order valence-electron chi connectivity index (χ1n) is 5.79. The van der Waals surface area contributed by atoms with E-state index in [1.165, 1.54) is 0 Å². The molecule has 1 atom stereocenters. The largest absolute Gasteiger partial charge is 0.481 e. The number of rotatable bonds is 4. The van der Waals surface area contributed by atoms with Crippen molar-refractivity contribution in [1.29, 1.82) is 0 Å². The topological polar surface area (TPSA) is 104 Å². The van der Waals surface area contributed by atoms with Crippen LogP contribution in [0, 0.1) is 0 Å². The second-order valence-corrected chi connectivity index (χ2v) is 5.19. The van der Waals surface area contributed by atoms with Crippen molar-refractivity contribution >= 4 is 34.5 Å². The van der Waals surface area contributed by atoms with Gasteiger partial charge in [0.25, 0.3) is 0 Å². The van der Waals surface area contributed by atoms with E-state index in [0.29, 0.717) is 16.6 Å². The lowest BCUT2D eigenvalue weighted by Crippen LogP contribution is -2.26. The average molecular weight is 292 g/mol. The summed E-state index contributed by atoms with van der Waals surface area (Å²) in [5.74, 6) is -1.38. The van der Waals surface area contributed by atoms with E-state index in [9.17, 15) is 9.59 Å². The lowest BCUT2D eigenvalue weighted by Gasteiger charge is -1.98. The van der Waals surface area contributed by atoms with Gasteiger partial charge in [-0.15, -0.1) is 5.10 Å². The molecule has 2 heterocycles. The van der Waals surface area contributed by atoms with Crippen molar-refractivity contribution in [2.24, 2.45) is 10.2 Å². The number of amidine groups is 1. The fraction of sp³-hybridized carbons (Fsp3) is 0.250. The van der Waals surface area contributed by atoms with Crippen LogP contribution in [-0.2, 0) is 9.59 Å². The molecule has 1 fully saturated rings. The molecule has 0 unspecified atom stereocenters. The van der Waals surface area contributed by atoms with E-state index in [1.807, 2.05) is 6.07 Å². The highest BCUT2D eigenvalue weighted by Crippen LogP contribution is 2.22. The maximum absolute atomic E-state index is 11.5. The van der Waals surface area contributed by atoms with Crippen molar-refractivity contribution in [2.45, 2.75) is 18.6 Å². The maximum Gasteiger partial charge on any atom is 0.305 e. The van der Waals surface area contributed by atoms with Crippen LogP contribution in [0.15, 0.2) is 34.6 Å². The first kappa shape index (κ1) is 14.2. The minimum Gasteiger partial charge on any atom is -0.481 e. The number of carbonyl (C=O) groups excluding carboxylic acids is 1. The van der Waals surface area contributed by atoms with Crippen molar-refractivity contribution in [3.05, 3.63) is 30.1 Å². The number of carboxylic acid groups (broad SMARTS) is 1. The van der Waals surface area contributed by atoms with Crippen LogP contribution in [0.3, 0.4) is 0 Å². The van der Waals surface area contributed by atoms with Crippen LogP contribution in [0.2, 0.25) is 0 Å². The highest BCUT2D eigenvalue weighted by molar-refractivity contribution is 8.15. The molecule has 1 aliphatic rings. The first-order chi connectivity index (χ1) is 9.56. The van der Waals surface area contributed by atoms with Gasteiger partial charge < -0.3 is 10.4 Å². The third-order valence-corrected chi connectivity index (χ3v) is 3.54. The average Bonchev–Trinajstić information content (AvgIpc) is 2.77. The number of pyridine rings is 1. The Morgan fingerprint density at radius 3 is 3.00 bits per heavy atom. The zero-order chi connectivity index (χ0) is 14.5. The number of nitrogens with zero attached hydrogens (tertiary/aromatic N) is 3. The molecule has 8 heteroatoms. The summed E-state index contributed by atoms with van der Waals surface area (Å²) in [5, 5.41) is 18.7. The number of carboxylic acids is 1. The smallest absolute Gasteiger partial charge is 0.305 e. The van der Waals surface area contributed by atoms with Gasteiger partial charge in [0.2, 0.25) is 5.91 Å². The summed E-state index contributed by atoms with van der Waals surface area (Å²) in [5.41, 5.74) is 1.29. The van der Waals surface area contributed by atoms with Gasteiger partial charge in [0.05, 0.1) is 17.8 Å². The van der Waals surface area contributed by atoms with Crippen molar-refractivity contribution in [3.63, 3.8) is 0 Å². The van der Waals surface area contributed by atoms with Crippen LogP contribution in [-0.4, -0.2) is 38.1 Å². The molecule has 0 bridgehead atoms. The lowest BCUT2D eigenvalue weighted by atomic mass is 10.3. The molecule has 1 saturated heterocycles. The van der Waals surface area contributed by atoms with E-state index in [-0.39, 0.29) is 12.3 Å². The second kappa shape index (κ2) is 6.29. The number of hydrogen-bond donors (Lipinski definition) is 2. The van der Waals surface area contributed by atoms with Gasteiger partial charge in [-0.2, -0.15) is 5.10 Å². The van der Waals surface area contributed by atoms with E-state index < -0.39 is 11.2 Å². The fourth-order valence-electron chi connectivity index (χ4n) is 1.49. The first-order valence-corrected chi connectivity index (χ1v) is 6.67. The summed E-state index contributed by atoms with van der Waals surface area (Å²) in [4.78, 5) is 26.2. The number of aliphatic carboxylic acids is 1. The minimum absolute atomic E-state index is 0.238. The second-order valence-electron chi connectivity index (χ2n) is 4.00. The van der Waals surface area contributed by atoms with Gasteiger partial charge in [-0.25, -0.2) is 0 Å². The van der Waals surface area contributed by atoms with E-state index in [4.69, 9.17) is 5.11 Å². The van der Waals surface area contributed by atoms with Crippen molar-refractivity contribution in [2.75, 3.05) is 0 Å². The highest BCUT2D eigenvalue weighted by atomic mass is 32.2. The molecule has 7 nitrogen and oxygen atoms in total. The number of carbonyl (C=O) groups is 2. The Labute approximate surface area is 119 Å². The van der Waals surface area contributed by atoms with Crippen LogP contribution >= 0.6 is 11.8 Å². The predicted octanol–water partition coefficient (Wildman–Crippen LogP) is 0.868. The summed E-state index contributed by atoms with van der Waals surface area (Å²) in [6.45, 7) is 1.75. The molecule has 2 N–H and O–H groups in total. The third kappa shape index (κ3) is 3.64. The summed E-state index contributed by atoms with van der Waals surface area (Å²) < 4.78 is 0. The molecule has 2 rings (SSSR count).